The van der Waals surface area contributed by atoms with Crippen molar-refractivity contribution in [3.63, 3.8) is 0 Å². The first-order valence-electron chi connectivity index (χ1n) is 4.12. The molecule has 84 valence electrons. The molecule has 0 aromatic carbocycles. The first-order chi connectivity index (χ1) is 6.95. The van der Waals surface area contributed by atoms with Crippen molar-refractivity contribution in [3.05, 3.63) is 18.0 Å². The SMILES string of the molecule is Nc1cnc(C(F)(F)F)cc1NCCO. The molecular formula is C8H10F3N3O. The molecule has 0 aliphatic carbocycles. The molecule has 4 N–H and O–H groups in total. The summed E-state index contributed by atoms with van der Waals surface area (Å²) in [5.41, 5.74) is 4.61. The summed E-state index contributed by atoms with van der Waals surface area (Å²) in [5, 5.41) is 11.1. The van der Waals surface area contributed by atoms with Gasteiger partial charge in [0.25, 0.3) is 0 Å². The van der Waals surface area contributed by atoms with Gasteiger partial charge >= 0.3 is 6.18 Å². The van der Waals surface area contributed by atoms with Gasteiger partial charge in [-0.3, -0.25) is 0 Å². The lowest BCUT2D eigenvalue weighted by atomic mass is 10.2. The molecule has 1 aromatic rings. The summed E-state index contributed by atoms with van der Waals surface area (Å²) in [6.45, 7) is -0.0609. The van der Waals surface area contributed by atoms with Gasteiger partial charge < -0.3 is 16.2 Å². The maximum absolute atomic E-state index is 12.2. The number of alkyl halides is 3. The molecule has 0 spiro atoms. The lowest BCUT2D eigenvalue weighted by Gasteiger charge is -2.11. The molecule has 0 fully saturated rings. The molecule has 1 aromatic heterocycles. The number of nitrogens with two attached hydrogens (primary N) is 1. The lowest BCUT2D eigenvalue weighted by Crippen LogP contribution is -2.12. The van der Waals surface area contributed by atoms with Gasteiger partial charge in [-0.2, -0.15) is 13.2 Å². The quantitative estimate of drug-likeness (QED) is 0.714. The van der Waals surface area contributed by atoms with Crippen LogP contribution in [0.25, 0.3) is 0 Å². The second kappa shape index (κ2) is 4.35. The van der Waals surface area contributed by atoms with Crippen molar-refractivity contribution in [1.82, 2.24) is 4.98 Å². The van der Waals surface area contributed by atoms with Crippen LogP contribution in [0, 0.1) is 0 Å². The summed E-state index contributed by atoms with van der Waals surface area (Å²) in [5.74, 6) is 0. The highest BCUT2D eigenvalue weighted by molar-refractivity contribution is 5.65. The van der Waals surface area contributed by atoms with E-state index in [1.807, 2.05) is 0 Å². The van der Waals surface area contributed by atoms with E-state index >= 15 is 0 Å². The molecule has 0 amide bonds. The van der Waals surface area contributed by atoms with Crippen molar-refractivity contribution < 1.29 is 18.3 Å². The van der Waals surface area contributed by atoms with Gasteiger partial charge in [-0.1, -0.05) is 0 Å². The number of nitrogens with zero attached hydrogens (tertiary/aromatic N) is 1. The van der Waals surface area contributed by atoms with Gasteiger partial charge in [-0.05, 0) is 6.07 Å². The van der Waals surface area contributed by atoms with Crippen LogP contribution < -0.4 is 11.1 Å². The monoisotopic (exact) mass is 221 g/mol. The minimum absolute atomic E-state index is 0.108. The second-order valence-electron chi connectivity index (χ2n) is 2.80. The fourth-order valence-corrected chi connectivity index (χ4v) is 0.965. The van der Waals surface area contributed by atoms with Gasteiger partial charge in [0, 0.05) is 6.54 Å². The van der Waals surface area contributed by atoms with Crippen LogP contribution in [0.15, 0.2) is 12.3 Å². The predicted octanol–water partition coefficient (Wildman–Crippen LogP) is 1.09. The van der Waals surface area contributed by atoms with E-state index in [1.165, 1.54) is 0 Å². The van der Waals surface area contributed by atoms with Crippen LogP contribution in [0.3, 0.4) is 0 Å². The fourth-order valence-electron chi connectivity index (χ4n) is 0.965. The zero-order valence-electron chi connectivity index (χ0n) is 7.67. The highest BCUT2D eigenvalue weighted by Crippen LogP contribution is 2.30. The number of hydrogen-bond acceptors (Lipinski definition) is 4. The highest BCUT2D eigenvalue weighted by atomic mass is 19.4. The summed E-state index contributed by atoms with van der Waals surface area (Å²) < 4.78 is 36.7. The largest absolute Gasteiger partial charge is 0.433 e. The van der Waals surface area contributed by atoms with Crippen molar-refractivity contribution in [3.8, 4) is 0 Å². The predicted molar refractivity (Wildman–Crippen MR) is 49.2 cm³/mol. The first kappa shape index (κ1) is 11.6. The average molecular weight is 221 g/mol. The average Bonchev–Trinajstić information content (AvgIpc) is 2.15. The molecule has 0 saturated carbocycles. The number of pyridine rings is 1. The molecular weight excluding hydrogens is 211 g/mol. The van der Waals surface area contributed by atoms with Gasteiger partial charge in [-0.15, -0.1) is 0 Å². The maximum Gasteiger partial charge on any atom is 0.433 e. The van der Waals surface area contributed by atoms with Crippen LogP contribution in [0.1, 0.15) is 5.69 Å². The van der Waals surface area contributed by atoms with Gasteiger partial charge in [-0.25, -0.2) is 4.98 Å². The summed E-state index contributed by atoms with van der Waals surface area (Å²) in [7, 11) is 0. The van der Waals surface area contributed by atoms with Crippen LogP contribution in [-0.4, -0.2) is 23.2 Å². The Morgan fingerprint density at radius 2 is 2.13 bits per heavy atom. The number of nitrogens with one attached hydrogen (secondary N) is 1. The molecule has 1 rings (SSSR count). The van der Waals surface area contributed by atoms with E-state index in [4.69, 9.17) is 10.8 Å². The van der Waals surface area contributed by atoms with Crippen molar-refractivity contribution in [2.75, 3.05) is 24.2 Å². The molecule has 1 heterocycles. The Balaban J connectivity index is 2.95. The molecule has 0 unspecified atom stereocenters. The number of anilines is 2. The fraction of sp³-hybridized carbons (Fsp3) is 0.375. The van der Waals surface area contributed by atoms with Gasteiger partial charge in [0.1, 0.15) is 5.69 Å². The Morgan fingerprint density at radius 1 is 1.47 bits per heavy atom. The minimum Gasteiger partial charge on any atom is -0.396 e. The molecule has 7 heteroatoms. The molecule has 0 radical (unpaired) electrons. The van der Waals surface area contributed by atoms with Crippen molar-refractivity contribution >= 4 is 11.4 Å². The first-order valence-corrected chi connectivity index (χ1v) is 4.12. The van der Waals surface area contributed by atoms with Gasteiger partial charge in [0.05, 0.1) is 24.2 Å². The molecule has 0 atom stereocenters. The molecule has 0 bridgehead atoms. The number of aliphatic hydroxyl groups is 1. The molecule has 4 nitrogen and oxygen atoms in total. The Kier molecular flexibility index (Phi) is 3.35. The Morgan fingerprint density at radius 3 is 2.67 bits per heavy atom. The third-order valence-corrected chi connectivity index (χ3v) is 1.65. The smallest absolute Gasteiger partial charge is 0.396 e. The zero-order chi connectivity index (χ0) is 11.5. The van der Waals surface area contributed by atoms with Gasteiger partial charge in [0.15, 0.2) is 0 Å². The Bertz CT molecular complexity index is 340. The third-order valence-electron chi connectivity index (χ3n) is 1.65. The highest BCUT2D eigenvalue weighted by Gasteiger charge is 2.32. The minimum atomic E-state index is -4.50. The van der Waals surface area contributed by atoms with E-state index in [0.717, 1.165) is 12.3 Å². The second-order valence-corrected chi connectivity index (χ2v) is 2.80. The van der Waals surface area contributed by atoms with E-state index in [0.29, 0.717) is 0 Å². The number of rotatable bonds is 3. The topological polar surface area (TPSA) is 71.2 Å². The van der Waals surface area contributed by atoms with E-state index < -0.39 is 11.9 Å². The molecule has 0 aliphatic heterocycles. The summed E-state index contributed by atoms with van der Waals surface area (Å²) in [6, 6.07) is 0.811. The van der Waals surface area contributed by atoms with Crippen molar-refractivity contribution in [1.29, 1.82) is 0 Å². The number of nitrogen functional groups attached to an aromatic ring is 1. The Hall–Kier alpha value is -1.50. The number of aromatic nitrogens is 1. The number of hydrogen-bond donors (Lipinski definition) is 3. The van der Waals surface area contributed by atoms with Crippen molar-refractivity contribution in [2.45, 2.75) is 6.18 Å². The number of halogens is 3. The summed E-state index contributed by atoms with van der Waals surface area (Å²) in [6.07, 6.45) is -3.56. The summed E-state index contributed by atoms with van der Waals surface area (Å²) >= 11 is 0. The lowest BCUT2D eigenvalue weighted by molar-refractivity contribution is -0.141. The van der Waals surface area contributed by atoms with Crippen LogP contribution >= 0.6 is 0 Å². The Labute approximate surface area is 83.9 Å². The van der Waals surface area contributed by atoms with E-state index in [-0.39, 0.29) is 24.5 Å². The summed E-state index contributed by atoms with van der Waals surface area (Å²) in [4.78, 5) is 3.17. The maximum atomic E-state index is 12.2. The zero-order valence-corrected chi connectivity index (χ0v) is 7.67. The normalized spacial score (nSPS) is 11.5. The van der Waals surface area contributed by atoms with E-state index in [1.54, 1.807) is 0 Å². The van der Waals surface area contributed by atoms with Crippen LogP contribution in [0.2, 0.25) is 0 Å². The third kappa shape index (κ3) is 2.98. The van der Waals surface area contributed by atoms with Crippen molar-refractivity contribution in [2.24, 2.45) is 0 Å². The van der Waals surface area contributed by atoms with Crippen LogP contribution in [-0.2, 0) is 6.18 Å². The number of aliphatic hydroxyl groups excluding tert-OH is 1. The molecule has 0 saturated heterocycles. The molecule has 0 aliphatic rings. The van der Waals surface area contributed by atoms with E-state index in [2.05, 4.69) is 10.3 Å². The van der Waals surface area contributed by atoms with Crippen LogP contribution in [0.4, 0.5) is 24.5 Å². The molecule has 15 heavy (non-hydrogen) atoms. The van der Waals surface area contributed by atoms with Gasteiger partial charge in [0.2, 0.25) is 0 Å². The van der Waals surface area contributed by atoms with E-state index in [9.17, 15) is 13.2 Å². The standard InChI is InChI=1S/C8H10F3N3O/c9-8(10,11)7-3-6(13-1-2-15)5(12)4-14-7/h3-4,15H,1-2,12H2,(H,13,14). The van der Waals surface area contributed by atoms with Crippen LogP contribution in [0.5, 0.6) is 0 Å².